The van der Waals surface area contributed by atoms with E-state index in [1.807, 2.05) is 0 Å². The summed E-state index contributed by atoms with van der Waals surface area (Å²) in [4.78, 5) is 0.402. The molecule has 1 aromatic carbocycles. The number of thiophene rings is 1. The highest BCUT2D eigenvalue weighted by molar-refractivity contribution is 7.91. The fraction of sp³-hybridized carbons (Fsp3) is 0.167. The Morgan fingerprint density at radius 3 is 2.55 bits per heavy atom. The van der Waals surface area contributed by atoms with Crippen LogP contribution in [0, 0.1) is 0 Å². The maximum Gasteiger partial charge on any atom is 0.341 e. The van der Waals surface area contributed by atoms with Crippen LogP contribution in [0.2, 0.25) is 0 Å². The van der Waals surface area contributed by atoms with Crippen LogP contribution in [0.15, 0.2) is 40.6 Å². The molecular weight excluding hydrogens is 306 g/mol. The van der Waals surface area contributed by atoms with Crippen molar-refractivity contribution in [2.75, 3.05) is 11.1 Å². The van der Waals surface area contributed by atoms with Crippen LogP contribution in [0.1, 0.15) is 4.88 Å². The van der Waals surface area contributed by atoms with Crippen LogP contribution in [0.25, 0.3) is 0 Å². The first-order valence-corrected chi connectivity index (χ1v) is 8.02. The van der Waals surface area contributed by atoms with Crippen LogP contribution < -0.4 is 11.1 Å². The number of hydrogen-bond donors (Lipinski definition) is 2. The molecule has 0 unspecified atom stereocenters. The Balaban J connectivity index is 2.28. The molecular formula is C12H12F2N2O2S2. The van der Waals surface area contributed by atoms with Gasteiger partial charge >= 0.3 is 5.76 Å². The summed E-state index contributed by atoms with van der Waals surface area (Å²) >= 11 is 1.40. The van der Waals surface area contributed by atoms with E-state index in [1.54, 1.807) is 17.5 Å². The number of halogens is 2. The van der Waals surface area contributed by atoms with Gasteiger partial charge in [-0.3, -0.25) is 0 Å². The van der Waals surface area contributed by atoms with E-state index in [0.717, 1.165) is 10.9 Å². The van der Waals surface area contributed by atoms with Crippen molar-refractivity contribution in [3.8, 4) is 0 Å². The number of anilines is 2. The summed E-state index contributed by atoms with van der Waals surface area (Å²) in [6, 6.07) is 7.30. The van der Waals surface area contributed by atoms with Gasteiger partial charge in [-0.2, -0.15) is 8.78 Å². The zero-order chi connectivity index (χ0) is 14.8. The van der Waals surface area contributed by atoms with Crippen molar-refractivity contribution in [1.29, 1.82) is 0 Å². The molecule has 0 aliphatic rings. The van der Waals surface area contributed by atoms with Crippen LogP contribution in [0.3, 0.4) is 0 Å². The molecule has 0 aliphatic heterocycles. The quantitative estimate of drug-likeness (QED) is 0.889. The molecule has 0 atom stereocenters. The first-order chi connectivity index (χ1) is 9.43. The predicted molar refractivity (Wildman–Crippen MR) is 75.7 cm³/mol. The smallest absolute Gasteiger partial charge is 0.341 e. The second-order valence-corrected chi connectivity index (χ2v) is 6.84. The summed E-state index contributed by atoms with van der Waals surface area (Å²) in [5, 5.41) is 4.64. The van der Waals surface area contributed by atoms with Gasteiger partial charge in [0.25, 0.3) is 0 Å². The van der Waals surface area contributed by atoms with Gasteiger partial charge in [-0.25, -0.2) is 8.42 Å². The van der Waals surface area contributed by atoms with Crippen molar-refractivity contribution in [2.24, 2.45) is 0 Å². The highest BCUT2D eigenvalue weighted by Gasteiger charge is 2.28. The monoisotopic (exact) mass is 318 g/mol. The number of sulfone groups is 1. The summed E-state index contributed by atoms with van der Waals surface area (Å²) in [5.41, 5.74) is 6.43. The van der Waals surface area contributed by atoms with Crippen LogP contribution in [0.4, 0.5) is 20.2 Å². The van der Waals surface area contributed by atoms with E-state index >= 15 is 0 Å². The van der Waals surface area contributed by atoms with Crippen molar-refractivity contribution in [3.05, 3.63) is 40.6 Å². The van der Waals surface area contributed by atoms with Gasteiger partial charge in [-0.05, 0) is 23.6 Å². The minimum Gasteiger partial charge on any atom is -0.398 e. The topological polar surface area (TPSA) is 72.2 Å². The molecule has 4 nitrogen and oxygen atoms in total. The Bertz CT molecular complexity index is 699. The summed E-state index contributed by atoms with van der Waals surface area (Å²) < 4.78 is 48.4. The van der Waals surface area contributed by atoms with E-state index in [0.29, 0.717) is 5.69 Å². The molecule has 2 aromatic rings. The lowest BCUT2D eigenvalue weighted by molar-refractivity contribution is 0.235. The average Bonchev–Trinajstić information content (AvgIpc) is 2.82. The molecule has 20 heavy (non-hydrogen) atoms. The molecule has 1 aromatic heterocycles. The second kappa shape index (κ2) is 5.76. The Morgan fingerprint density at radius 2 is 1.95 bits per heavy atom. The average molecular weight is 318 g/mol. The lowest BCUT2D eigenvalue weighted by Gasteiger charge is -2.11. The number of hydrogen-bond acceptors (Lipinski definition) is 5. The second-order valence-electron chi connectivity index (χ2n) is 3.95. The molecule has 8 heteroatoms. The molecule has 2 rings (SSSR count). The molecule has 0 saturated heterocycles. The van der Waals surface area contributed by atoms with Crippen LogP contribution in [-0.4, -0.2) is 14.2 Å². The maximum atomic E-state index is 12.6. The van der Waals surface area contributed by atoms with Crippen molar-refractivity contribution in [1.82, 2.24) is 0 Å². The van der Waals surface area contributed by atoms with Gasteiger partial charge in [-0.15, -0.1) is 11.3 Å². The number of rotatable bonds is 5. The lowest BCUT2D eigenvalue weighted by atomic mass is 10.3. The van der Waals surface area contributed by atoms with E-state index in [1.165, 1.54) is 23.5 Å². The normalized spacial score (nSPS) is 11.8. The third-order valence-electron chi connectivity index (χ3n) is 2.65. The van der Waals surface area contributed by atoms with E-state index in [2.05, 4.69) is 5.32 Å². The lowest BCUT2D eigenvalue weighted by Crippen LogP contribution is -2.14. The van der Waals surface area contributed by atoms with Gasteiger partial charge in [0.05, 0.1) is 17.1 Å². The molecule has 0 aliphatic carbocycles. The first kappa shape index (κ1) is 14.7. The highest BCUT2D eigenvalue weighted by Crippen LogP contribution is 2.27. The molecule has 1 heterocycles. The third kappa shape index (κ3) is 2.91. The zero-order valence-electron chi connectivity index (χ0n) is 10.2. The SMILES string of the molecule is Nc1ccsc1CNc1ccccc1S(=O)(=O)C(F)F. The fourth-order valence-electron chi connectivity index (χ4n) is 1.63. The molecule has 0 radical (unpaired) electrons. The number of nitrogens with one attached hydrogen (secondary N) is 1. The van der Waals surface area contributed by atoms with E-state index < -0.39 is 20.5 Å². The number of para-hydroxylation sites is 1. The van der Waals surface area contributed by atoms with E-state index in [9.17, 15) is 17.2 Å². The fourth-order valence-corrected chi connectivity index (χ4v) is 3.27. The number of benzene rings is 1. The number of alkyl halides is 2. The van der Waals surface area contributed by atoms with Gasteiger partial charge in [0.2, 0.25) is 9.84 Å². The molecule has 3 N–H and O–H groups in total. The summed E-state index contributed by atoms with van der Waals surface area (Å²) in [7, 11) is -4.63. The van der Waals surface area contributed by atoms with Gasteiger partial charge in [-0.1, -0.05) is 12.1 Å². The number of nitrogen functional groups attached to an aromatic ring is 1. The Morgan fingerprint density at radius 1 is 1.25 bits per heavy atom. The molecule has 108 valence electrons. The molecule has 0 amide bonds. The van der Waals surface area contributed by atoms with Crippen LogP contribution in [-0.2, 0) is 16.4 Å². The summed E-state index contributed by atoms with van der Waals surface area (Å²) in [6.45, 7) is 0.277. The van der Waals surface area contributed by atoms with E-state index in [4.69, 9.17) is 5.73 Å². The number of nitrogens with two attached hydrogens (primary N) is 1. The van der Waals surface area contributed by atoms with Gasteiger partial charge in [0.1, 0.15) is 0 Å². The third-order valence-corrected chi connectivity index (χ3v) is 5.02. The molecule has 0 spiro atoms. The molecule has 0 saturated carbocycles. The Kier molecular flexibility index (Phi) is 4.24. The van der Waals surface area contributed by atoms with Crippen LogP contribution in [0.5, 0.6) is 0 Å². The van der Waals surface area contributed by atoms with Gasteiger partial charge in [0, 0.05) is 10.6 Å². The van der Waals surface area contributed by atoms with E-state index in [-0.39, 0.29) is 12.2 Å². The van der Waals surface area contributed by atoms with Crippen molar-refractivity contribution < 1.29 is 17.2 Å². The Labute approximate surface area is 119 Å². The maximum absolute atomic E-state index is 12.6. The first-order valence-electron chi connectivity index (χ1n) is 5.59. The van der Waals surface area contributed by atoms with Crippen molar-refractivity contribution in [3.63, 3.8) is 0 Å². The minimum atomic E-state index is -4.63. The van der Waals surface area contributed by atoms with Crippen molar-refractivity contribution in [2.45, 2.75) is 17.2 Å². The minimum absolute atomic E-state index is 0.139. The zero-order valence-corrected chi connectivity index (χ0v) is 11.8. The molecule has 0 bridgehead atoms. The predicted octanol–water partition coefficient (Wildman–Crippen LogP) is 2.94. The standard InChI is InChI=1S/C12H12F2N2O2S2/c13-12(14)20(17,18)11-4-2-1-3-9(11)16-7-10-8(15)5-6-19-10/h1-6,12,16H,7,15H2. The van der Waals surface area contributed by atoms with Gasteiger partial charge in [0.15, 0.2) is 0 Å². The summed E-state index contributed by atoms with van der Waals surface area (Å²) in [6.07, 6.45) is 0. The van der Waals surface area contributed by atoms with Crippen LogP contribution >= 0.6 is 11.3 Å². The molecule has 0 fully saturated rings. The van der Waals surface area contributed by atoms with Gasteiger partial charge < -0.3 is 11.1 Å². The largest absolute Gasteiger partial charge is 0.398 e. The van der Waals surface area contributed by atoms with Crippen molar-refractivity contribution >= 4 is 32.5 Å². The highest BCUT2D eigenvalue weighted by atomic mass is 32.2. The summed E-state index contributed by atoms with van der Waals surface area (Å²) in [5.74, 6) is -3.45. The Hall–Kier alpha value is -1.67.